The van der Waals surface area contributed by atoms with Gasteiger partial charge in [-0.15, -0.1) is 0 Å². The Bertz CT molecular complexity index is 512. The van der Waals surface area contributed by atoms with Gasteiger partial charge in [0.1, 0.15) is 11.9 Å². The summed E-state index contributed by atoms with van der Waals surface area (Å²) < 4.78 is 29.7. The molecule has 0 fully saturated rings. The molecule has 6 heteroatoms. The number of aliphatic hydroxyl groups is 1. The Morgan fingerprint density at radius 2 is 2.19 bits per heavy atom. The Morgan fingerprint density at radius 1 is 1.50 bits per heavy atom. The standard InChI is InChI=1S/C10H13NO4S/c1-11-7-4-3-5-9(15-2)10(7)8(12)6-16(11,13)14/h3-5,8,12H,6H2,1-2H3. The molecule has 0 radical (unpaired) electrons. The first kappa shape index (κ1) is 11.2. The van der Waals surface area contributed by atoms with Crippen molar-refractivity contribution in [3.63, 3.8) is 0 Å². The maximum Gasteiger partial charge on any atom is 0.237 e. The van der Waals surface area contributed by atoms with Gasteiger partial charge in [0.05, 0.1) is 18.6 Å². The van der Waals surface area contributed by atoms with Gasteiger partial charge in [0, 0.05) is 12.6 Å². The van der Waals surface area contributed by atoms with Gasteiger partial charge in [0.25, 0.3) is 0 Å². The third-order valence-corrected chi connectivity index (χ3v) is 4.49. The summed E-state index contributed by atoms with van der Waals surface area (Å²) >= 11 is 0. The lowest BCUT2D eigenvalue weighted by molar-refractivity contribution is 0.195. The van der Waals surface area contributed by atoms with Gasteiger partial charge in [-0.05, 0) is 12.1 Å². The molecule has 88 valence electrons. The highest BCUT2D eigenvalue weighted by Crippen LogP contribution is 2.39. The molecule has 0 aliphatic carbocycles. The van der Waals surface area contributed by atoms with Crippen LogP contribution in [0.15, 0.2) is 18.2 Å². The largest absolute Gasteiger partial charge is 0.496 e. The molecule has 0 saturated carbocycles. The van der Waals surface area contributed by atoms with E-state index in [0.717, 1.165) is 0 Å². The molecule has 0 aromatic heterocycles. The Morgan fingerprint density at radius 3 is 2.81 bits per heavy atom. The summed E-state index contributed by atoms with van der Waals surface area (Å²) in [5.41, 5.74) is 1.00. The highest BCUT2D eigenvalue weighted by Gasteiger charge is 2.34. The zero-order valence-corrected chi connectivity index (χ0v) is 9.86. The number of nitrogens with zero attached hydrogens (tertiary/aromatic N) is 1. The van der Waals surface area contributed by atoms with Crippen LogP contribution < -0.4 is 9.04 Å². The van der Waals surface area contributed by atoms with Gasteiger partial charge in [-0.1, -0.05) is 6.07 Å². The minimum absolute atomic E-state index is 0.309. The maximum absolute atomic E-state index is 11.7. The van der Waals surface area contributed by atoms with Crippen LogP contribution in [0.25, 0.3) is 0 Å². The van der Waals surface area contributed by atoms with Crippen molar-refractivity contribution in [2.75, 3.05) is 24.2 Å². The van der Waals surface area contributed by atoms with Gasteiger partial charge in [0.15, 0.2) is 0 Å². The van der Waals surface area contributed by atoms with Gasteiger partial charge in [-0.3, -0.25) is 4.31 Å². The fraction of sp³-hybridized carbons (Fsp3) is 0.400. The molecule has 1 aromatic rings. The quantitative estimate of drug-likeness (QED) is 0.780. The molecular weight excluding hydrogens is 230 g/mol. The van der Waals surface area contributed by atoms with E-state index in [4.69, 9.17) is 4.74 Å². The lowest BCUT2D eigenvalue weighted by atomic mass is 10.1. The Hall–Kier alpha value is -1.27. The number of ether oxygens (including phenoxy) is 1. The topological polar surface area (TPSA) is 66.8 Å². The molecule has 2 rings (SSSR count). The van der Waals surface area contributed by atoms with E-state index in [-0.39, 0.29) is 5.75 Å². The summed E-state index contributed by atoms with van der Waals surface area (Å²) in [7, 11) is -0.458. The molecule has 1 atom stereocenters. The van der Waals surface area contributed by atoms with Crippen LogP contribution in [0.2, 0.25) is 0 Å². The Labute approximate surface area is 94.3 Å². The fourth-order valence-corrected chi connectivity index (χ4v) is 3.11. The Balaban J connectivity index is 2.67. The highest BCUT2D eigenvalue weighted by atomic mass is 32.2. The molecular formula is C10H13NO4S. The van der Waals surface area contributed by atoms with Gasteiger partial charge < -0.3 is 9.84 Å². The summed E-state index contributed by atoms with van der Waals surface area (Å²) in [6, 6.07) is 5.05. The van der Waals surface area contributed by atoms with Gasteiger partial charge in [-0.25, -0.2) is 8.42 Å². The monoisotopic (exact) mass is 243 g/mol. The first-order valence-electron chi connectivity index (χ1n) is 4.79. The number of methoxy groups -OCH3 is 1. The van der Waals surface area contributed by atoms with E-state index in [9.17, 15) is 13.5 Å². The molecule has 16 heavy (non-hydrogen) atoms. The van der Waals surface area contributed by atoms with Gasteiger partial charge >= 0.3 is 0 Å². The smallest absolute Gasteiger partial charge is 0.237 e. The molecule has 1 aliphatic rings. The van der Waals surface area contributed by atoms with Crippen molar-refractivity contribution in [1.82, 2.24) is 0 Å². The molecule has 1 heterocycles. The predicted molar refractivity (Wildman–Crippen MR) is 60.1 cm³/mol. The van der Waals surface area contributed by atoms with Crippen molar-refractivity contribution >= 4 is 15.7 Å². The fourth-order valence-electron chi connectivity index (χ4n) is 1.86. The summed E-state index contributed by atoms with van der Waals surface area (Å²) in [5, 5.41) is 9.84. The molecule has 1 aliphatic heterocycles. The van der Waals surface area contributed by atoms with Crippen LogP contribution in [0, 0.1) is 0 Å². The van der Waals surface area contributed by atoms with E-state index in [1.165, 1.54) is 18.5 Å². The highest BCUT2D eigenvalue weighted by molar-refractivity contribution is 7.92. The molecule has 1 unspecified atom stereocenters. The number of hydrogen-bond donors (Lipinski definition) is 1. The molecule has 0 bridgehead atoms. The SMILES string of the molecule is COc1cccc2c1C(O)CS(=O)(=O)N2C. The van der Waals surface area contributed by atoms with Crippen molar-refractivity contribution in [1.29, 1.82) is 0 Å². The van der Waals surface area contributed by atoms with Crippen LogP contribution in [0.1, 0.15) is 11.7 Å². The average Bonchev–Trinajstić information content (AvgIpc) is 2.24. The lowest BCUT2D eigenvalue weighted by Gasteiger charge is -2.31. The first-order chi connectivity index (χ1) is 7.47. The minimum atomic E-state index is -3.42. The van der Waals surface area contributed by atoms with Crippen LogP contribution in [0.4, 0.5) is 5.69 Å². The lowest BCUT2D eigenvalue weighted by Crippen LogP contribution is -2.36. The third-order valence-electron chi connectivity index (χ3n) is 2.72. The number of aliphatic hydroxyl groups excluding tert-OH is 1. The van der Waals surface area contributed by atoms with E-state index in [1.54, 1.807) is 18.2 Å². The van der Waals surface area contributed by atoms with Crippen molar-refractivity contribution in [3.05, 3.63) is 23.8 Å². The molecule has 1 aromatic carbocycles. The van der Waals surface area contributed by atoms with Crippen molar-refractivity contribution < 1.29 is 18.3 Å². The maximum atomic E-state index is 11.7. The molecule has 0 amide bonds. The average molecular weight is 243 g/mol. The molecule has 1 N–H and O–H groups in total. The number of sulfonamides is 1. The molecule has 0 spiro atoms. The van der Waals surface area contributed by atoms with Crippen LogP contribution >= 0.6 is 0 Å². The number of fused-ring (bicyclic) bond motifs is 1. The second-order valence-corrected chi connectivity index (χ2v) is 5.70. The summed E-state index contributed by atoms with van der Waals surface area (Å²) in [6.45, 7) is 0. The number of hydrogen-bond acceptors (Lipinski definition) is 4. The van der Waals surface area contributed by atoms with E-state index >= 15 is 0 Å². The zero-order chi connectivity index (χ0) is 11.9. The Kier molecular flexibility index (Phi) is 2.55. The summed E-state index contributed by atoms with van der Waals surface area (Å²) in [6.07, 6.45) is -1.03. The van der Waals surface area contributed by atoms with Crippen LogP contribution in [0.3, 0.4) is 0 Å². The summed E-state index contributed by atoms with van der Waals surface area (Å²) in [4.78, 5) is 0. The van der Waals surface area contributed by atoms with Crippen molar-refractivity contribution in [2.45, 2.75) is 6.10 Å². The van der Waals surface area contributed by atoms with E-state index in [0.29, 0.717) is 17.0 Å². The second kappa shape index (κ2) is 3.64. The predicted octanol–water partition coefficient (Wildman–Crippen LogP) is 0.508. The number of rotatable bonds is 1. The first-order valence-corrected chi connectivity index (χ1v) is 6.40. The molecule has 0 saturated heterocycles. The van der Waals surface area contributed by atoms with Crippen LogP contribution in [-0.2, 0) is 10.0 Å². The van der Waals surface area contributed by atoms with Gasteiger partial charge in [0.2, 0.25) is 10.0 Å². The summed E-state index contributed by atoms with van der Waals surface area (Å²) in [5.74, 6) is 0.198. The minimum Gasteiger partial charge on any atom is -0.496 e. The second-order valence-electron chi connectivity index (χ2n) is 3.65. The number of benzene rings is 1. The number of anilines is 1. The van der Waals surface area contributed by atoms with Crippen molar-refractivity contribution in [3.8, 4) is 5.75 Å². The third kappa shape index (κ3) is 1.54. The molecule has 5 nitrogen and oxygen atoms in total. The van der Waals surface area contributed by atoms with Crippen LogP contribution in [0.5, 0.6) is 5.75 Å². The van der Waals surface area contributed by atoms with E-state index < -0.39 is 16.1 Å². The zero-order valence-electron chi connectivity index (χ0n) is 9.04. The van der Waals surface area contributed by atoms with Gasteiger partial charge in [-0.2, -0.15) is 0 Å². The van der Waals surface area contributed by atoms with E-state index in [2.05, 4.69) is 0 Å². The van der Waals surface area contributed by atoms with E-state index in [1.807, 2.05) is 0 Å². The van der Waals surface area contributed by atoms with Crippen molar-refractivity contribution in [2.24, 2.45) is 0 Å². The van der Waals surface area contributed by atoms with Crippen LogP contribution in [-0.4, -0.2) is 33.4 Å². The normalized spacial score (nSPS) is 22.7.